The van der Waals surface area contributed by atoms with Crippen LogP contribution in [0.5, 0.6) is 0 Å². The van der Waals surface area contributed by atoms with Gasteiger partial charge in [0, 0.05) is 19.5 Å². The molecule has 39 heavy (non-hydrogen) atoms. The van der Waals surface area contributed by atoms with Crippen molar-refractivity contribution in [2.75, 3.05) is 18.8 Å². The maximum atomic E-state index is 14.4. The molecule has 0 bridgehead atoms. The van der Waals surface area contributed by atoms with Gasteiger partial charge in [-0.3, -0.25) is 0 Å². The van der Waals surface area contributed by atoms with Gasteiger partial charge in [0.05, 0.1) is 34.5 Å². The lowest BCUT2D eigenvalue weighted by atomic mass is 9.85. The Morgan fingerprint density at radius 3 is 2.28 bits per heavy atom. The Hall–Kier alpha value is -1.58. The Labute approximate surface area is 232 Å². The third-order valence-electron chi connectivity index (χ3n) is 6.97. The van der Waals surface area contributed by atoms with Gasteiger partial charge < -0.3 is 4.74 Å². The largest absolute Gasteiger partial charge is 0.409 e. The van der Waals surface area contributed by atoms with Gasteiger partial charge in [0.15, 0.2) is 10.6 Å². The highest BCUT2D eigenvalue weighted by atomic mass is 35.5. The van der Waals surface area contributed by atoms with Crippen molar-refractivity contribution in [1.29, 1.82) is 0 Å². The van der Waals surface area contributed by atoms with Gasteiger partial charge in [0.1, 0.15) is 5.60 Å². The molecule has 3 aliphatic heterocycles. The molecule has 2 aromatic rings. The summed E-state index contributed by atoms with van der Waals surface area (Å²) in [7, 11) is -4.14. The predicted molar refractivity (Wildman–Crippen MR) is 132 cm³/mol. The molecule has 16 heteroatoms. The molecule has 0 saturated carbocycles. The first-order chi connectivity index (χ1) is 18.0. The molecule has 1 unspecified atom stereocenters. The van der Waals surface area contributed by atoms with E-state index in [0.29, 0.717) is 16.7 Å². The van der Waals surface area contributed by atoms with E-state index in [0.717, 1.165) is 16.4 Å². The summed E-state index contributed by atoms with van der Waals surface area (Å²) in [4.78, 5) is 0. The number of benzene rings is 2. The van der Waals surface area contributed by atoms with Crippen LogP contribution in [0.2, 0.25) is 10.0 Å². The van der Waals surface area contributed by atoms with Crippen LogP contribution in [0.4, 0.5) is 30.7 Å². The number of rotatable bonds is 5. The third kappa shape index (κ3) is 5.05. The molecule has 1 atom stereocenters. The molecule has 0 N–H and O–H groups in total. The van der Waals surface area contributed by atoms with Gasteiger partial charge in [-0.05, 0) is 52.4 Å². The topological polar surface area (TPSA) is 59.0 Å². The summed E-state index contributed by atoms with van der Waals surface area (Å²) in [6.45, 7) is -0.299. The van der Waals surface area contributed by atoms with Crippen LogP contribution < -0.4 is 0 Å². The summed E-state index contributed by atoms with van der Waals surface area (Å²) in [6.07, 6.45) is -11.5. The Bertz CT molecular complexity index is 1450. The van der Waals surface area contributed by atoms with Crippen LogP contribution in [-0.4, -0.2) is 49.6 Å². The normalized spacial score (nSPS) is 23.2. The molecule has 1 fully saturated rings. The fraction of sp³-hybridized carbons (Fsp3) is 0.435. The second kappa shape index (κ2) is 9.48. The van der Waals surface area contributed by atoms with Gasteiger partial charge in [-0.2, -0.15) is 30.6 Å². The molecule has 0 aromatic heterocycles. The van der Waals surface area contributed by atoms with Gasteiger partial charge in [-0.1, -0.05) is 35.3 Å². The van der Waals surface area contributed by atoms with Gasteiger partial charge in [0.25, 0.3) is 0 Å². The molecular formula is C23H17Cl2F7N2O3S2. The highest BCUT2D eigenvalue weighted by molar-refractivity contribution is 7.99. The van der Waals surface area contributed by atoms with Crippen molar-refractivity contribution >= 4 is 50.9 Å². The van der Waals surface area contributed by atoms with Crippen molar-refractivity contribution in [1.82, 2.24) is 4.31 Å². The Morgan fingerprint density at radius 1 is 1.05 bits per heavy atom. The van der Waals surface area contributed by atoms with E-state index < -0.39 is 67.2 Å². The monoisotopic (exact) mass is 636 g/mol. The highest BCUT2D eigenvalue weighted by Gasteiger charge is 2.60. The van der Waals surface area contributed by atoms with Crippen molar-refractivity contribution in [2.24, 2.45) is 4.40 Å². The standard InChI is InChI=1S/C23H17Cl2F7N2O3S2/c24-16-6-14(7-17(25)19(16)26)21(23(30,31)32)8-18(33-38-21)12-1-2-15-13(5-12)9-37-20(15)10-34(11-20)39(35,36)4-3-22(27,28)29/h1-2,5-7H,3-4,8-11H2. The molecule has 5 rings (SSSR count). The van der Waals surface area contributed by atoms with E-state index >= 15 is 0 Å². The number of fused-ring (bicyclic) bond motifs is 2. The second-order valence-electron chi connectivity index (χ2n) is 9.49. The molecule has 3 aliphatic rings. The molecule has 2 aromatic carbocycles. The maximum Gasteiger partial charge on any atom is 0.409 e. The van der Waals surface area contributed by atoms with E-state index in [9.17, 15) is 39.2 Å². The molecule has 3 heterocycles. The first-order valence-electron chi connectivity index (χ1n) is 11.3. The molecule has 0 aliphatic carbocycles. The lowest BCUT2D eigenvalue weighted by Crippen LogP contribution is -2.61. The van der Waals surface area contributed by atoms with E-state index in [2.05, 4.69) is 4.40 Å². The number of alkyl halides is 6. The minimum atomic E-state index is -4.80. The minimum Gasteiger partial charge on any atom is -0.363 e. The van der Waals surface area contributed by atoms with Crippen LogP contribution in [0.15, 0.2) is 34.7 Å². The van der Waals surface area contributed by atoms with Crippen LogP contribution in [0, 0.1) is 5.82 Å². The van der Waals surface area contributed by atoms with Crippen molar-refractivity contribution in [2.45, 2.75) is 42.1 Å². The molecule has 0 radical (unpaired) electrons. The number of hydrogen-bond acceptors (Lipinski definition) is 5. The predicted octanol–water partition coefficient (Wildman–Crippen LogP) is 6.75. The summed E-state index contributed by atoms with van der Waals surface area (Å²) < 4.78 is 127. The number of hydrogen-bond donors (Lipinski definition) is 0. The molecule has 0 amide bonds. The number of ether oxygens (including phenoxy) is 1. The van der Waals surface area contributed by atoms with Gasteiger partial charge in [-0.15, -0.1) is 0 Å². The average molecular weight is 637 g/mol. The molecule has 1 saturated heterocycles. The first kappa shape index (κ1) is 28.9. The lowest BCUT2D eigenvalue weighted by Gasteiger charge is -2.46. The van der Waals surface area contributed by atoms with E-state index in [1.165, 1.54) is 6.07 Å². The zero-order valence-corrected chi connectivity index (χ0v) is 22.6. The number of nitrogens with zero attached hydrogens (tertiary/aromatic N) is 2. The van der Waals surface area contributed by atoms with Crippen molar-refractivity contribution in [3.05, 3.63) is 68.4 Å². The van der Waals surface area contributed by atoms with E-state index in [1.807, 2.05) is 0 Å². The van der Waals surface area contributed by atoms with E-state index in [1.54, 1.807) is 12.1 Å². The molecule has 5 nitrogen and oxygen atoms in total. The van der Waals surface area contributed by atoms with Crippen LogP contribution in [0.1, 0.15) is 35.1 Å². The SMILES string of the molecule is O=S(=O)(CCC(F)(F)F)N1CC2(C1)OCc1cc(C3=NSC(c4cc(Cl)c(F)c(Cl)c4)(C(F)(F)F)C3)ccc12. The molecular weight excluding hydrogens is 620 g/mol. The smallest absolute Gasteiger partial charge is 0.363 e. The minimum absolute atomic E-state index is 0.0353. The van der Waals surface area contributed by atoms with Gasteiger partial charge in [-0.25, -0.2) is 17.2 Å². The zero-order valence-electron chi connectivity index (χ0n) is 19.5. The fourth-order valence-electron chi connectivity index (χ4n) is 4.83. The number of halogens is 9. The Morgan fingerprint density at radius 2 is 1.69 bits per heavy atom. The van der Waals surface area contributed by atoms with Crippen molar-refractivity contribution in [3.63, 3.8) is 0 Å². The zero-order chi connectivity index (χ0) is 28.6. The maximum absolute atomic E-state index is 14.4. The Kier molecular flexibility index (Phi) is 7.03. The van der Waals surface area contributed by atoms with Crippen LogP contribution in [0.3, 0.4) is 0 Å². The van der Waals surface area contributed by atoms with Gasteiger partial charge >= 0.3 is 12.4 Å². The van der Waals surface area contributed by atoms with Gasteiger partial charge in [0.2, 0.25) is 10.0 Å². The summed E-state index contributed by atoms with van der Waals surface area (Å²) in [5.41, 5.74) is 0.315. The summed E-state index contributed by atoms with van der Waals surface area (Å²) in [6, 6.07) is 6.50. The quantitative estimate of drug-likeness (QED) is 0.207. The summed E-state index contributed by atoms with van der Waals surface area (Å²) in [5.74, 6) is -2.10. The van der Waals surface area contributed by atoms with Crippen molar-refractivity contribution in [3.8, 4) is 0 Å². The number of sulfonamides is 1. The van der Waals surface area contributed by atoms with Crippen LogP contribution >= 0.6 is 35.1 Å². The summed E-state index contributed by atoms with van der Waals surface area (Å²) >= 11 is 11.8. The fourth-order valence-corrected chi connectivity index (χ4v) is 7.84. The first-order valence-corrected chi connectivity index (χ1v) is 14.4. The van der Waals surface area contributed by atoms with E-state index in [-0.39, 0.29) is 42.9 Å². The summed E-state index contributed by atoms with van der Waals surface area (Å²) in [5, 5.41) is -1.10. The molecule has 1 spiro atoms. The third-order valence-corrected chi connectivity index (χ3v) is 10.5. The molecule has 212 valence electrons. The average Bonchev–Trinajstić information content (AvgIpc) is 3.42. The lowest BCUT2D eigenvalue weighted by molar-refractivity contribution is -0.159. The van der Waals surface area contributed by atoms with Crippen LogP contribution in [0.25, 0.3) is 0 Å². The Balaban J connectivity index is 1.36. The van der Waals surface area contributed by atoms with Crippen LogP contribution in [-0.2, 0) is 31.7 Å². The van der Waals surface area contributed by atoms with E-state index in [4.69, 9.17) is 27.9 Å². The second-order valence-corrected chi connectivity index (χ2v) is 13.5. The highest BCUT2D eigenvalue weighted by Crippen LogP contribution is 2.57. The van der Waals surface area contributed by atoms with Crippen molar-refractivity contribution < 1.29 is 43.9 Å².